The molecule has 2 nitrogen and oxygen atoms in total. The summed E-state index contributed by atoms with van der Waals surface area (Å²) >= 11 is 0. The maximum absolute atomic E-state index is 6.87. The summed E-state index contributed by atoms with van der Waals surface area (Å²) in [6.45, 7) is 4.73. The molecule has 2 atom stereocenters. The molecule has 0 aromatic heterocycles. The van der Waals surface area contributed by atoms with E-state index < -0.39 is 0 Å². The molecule has 0 amide bonds. The van der Waals surface area contributed by atoms with Crippen LogP contribution in [0.1, 0.15) is 49.3 Å². The molecule has 0 fully saturated rings. The molecule has 0 radical (unpaired) electrons. The van der Waals surface area contributed by atoms with Gasteiger partial charge in [0.1, 0.15) is 11.9 Å². The van der Waals surface area contributed by atoms with Gasteiger partial charge in [0.15, 0.2) is 0 Å². The van der Waals surface area contributed by atoms with Crippen molar-refractivity contribution < 1.29 is 4.74 Å². The summed E-state index contributed by atoms with van der Waals surface area (Å²) in [4.78, 5) is 2.48. The summed E-state index contributed by atoms with van der Waals surface area (Å²) in [7, 11) is 0. The van der Waals surface area contributed by atoms with Crippen molar-refractivity contribution in [1.29, 1.82) is 0 Å². The van der Waals surface area contributed by atoms with Crippen molar-refractivity contribution in [2.45, 2.75) is 44.1 Å². The van der Waals surface area contributed by atoms with Crippen LogP contribution in [0.15, 0.2) is 205 Å². The number of nitrogens with zero attached hydrogens (tertiary/aromatic N) is 1. The van der Waals surface area contributed by atoms with E-state index in [1.807, 2.05) is 0 Å². The highest BCUT2D eigenvalue weighted by molar-refractivity contribution is 6.01. The maximum atomic E-state index is 6.87. The number of rotatable bonds is 6. The fourth-order valence-electron chi connectivity index (χ4n) is 9.97. The third-order valence-corrected chi connectivity index (χ3v) is 12.7. The quantitative estimate of drug-likeness (QED) is 0.169. The largest absolute Gasteiger partial charge is 0.485 e. The summed E-state index contributed by atoms with van der Waals surface area (Å²) in [5, 5.41) is 2.54. The molecule has 7 aromatic rings. The molecule has 4 aliphatic rings. The smallest absolute Gasteiger partial charge is 0.128 e. The van der Waals surface area contributed by atoms with Crippen molar-refractivity contribution in [3.8, 4) is 39.1 Å². The van der Waals surface area contributed by atoms with Crippen LogP contribution in [0.25, 0.3) is 44.2 Å². The first kappa shape index (κ1) is 33.7. The van der Waals surface area contributed by atoms with Gasteiger partial charge >= 0.3 is 0 Å². The average molecular weight is 734 g/mol. The van der Waals surface area contributed by atoms with Gasteiger partial charge in [-0.1, -0.05) is 159 Å². The van der Waals surface area contributed by atoms with Crippen molar-refractivity contribution in [3.05, 3.63) is 222 Å². The molecule has 0 bridgehead atoms. The predicted octanol–water partition coefficient (Wildman–Crippen LogP) is 14.3. The van der Waals surface area contributed by atoms with E-state index >= 15 is 0 Å². The second kappa shape index (κ2) is 13.2. The zero-order valence-electron chi connectivity index (χ0n) is 32.3. The Labute approximate surface area is 335 Å². The lowest BCUT2D eigenvalue weighted by Crippen LogP contribution is -2.23. The molecule has 1 heterocycles. The third-order valence-electron chi connectivity index (χ3n) is 12.7. The van der Waals surface area contributed by atoms with Gasteiger partial charge in [-0.25, -0.2) is 0 Å². The van der Waals surface area contributed by atoms with E-state index in [1.165, 1.54) is 83.4 Å². The first-order chi connectivity index (χ1) is 28.0. The molecule has 11 rings (SSSR count). The van der Waals surface area contributed by atoms with Gasteiger partial charge < -0.3 is 9.64 Å². The molecule has 274 valence electrons. The summed E-state index contributed by atoms with van der Waals surface area (Å²) in [5.41, 5.74) is 17.8. The van der Waals surface area contributed by atoms with E-state index in [0.29, 0.717) is 0 Å². The molecule has 1 aliphatic heterocycles. The minimum atomic E-state index is -0.0972. The molecule has 2 heteroatoms. The molecule has 0 saturated heterocycles. The van der Waals surface area contributed by atoms with E-state index in [9.17, 15) is 0 Å². The number of allylic oxidation sites excluding steroid dienone is 5. The first-order valence-corrected chi connectivity index (χ1v) is 20.3. The Bertz CT molecular complexity index is 2840. The minimum Gasteiger partial charge on any atom is -0.485 e. The van der Waals surface area contributed by atoms with Crippen molar-refractivity contribution in [1.82, 2.24) is 0 Å². The van der Waals surface area contributed by atoms with E-state index in [4.69, 9.17) is 4.74 Å². The van der Waals surface area contributed by atoms with Crippen LogP contribution in [0.5, 0.6) is 5.75 Å². The number of hydrogen-bond donors (Lipinski definition) is 0. The van der Waals surface area contributed by atoms with Gasteiger partial charge in [0.25, 0.3) is 0 Å². The Morgan fingerprint density at radius 3 is 2.07 bits per heavy atom. The van der Waals surface area contributed by atoms with E-state index in [-0.39, 0.29) is 17.4 Å². The fourth-order valence-corrected chi connectivity index (χ4v) is 9.97. The van der Waals surface area contributed by atoms with Crippen molar-refractivity contribution in [2.75, 3.05) is 4.90 Å². The fraction of sp³-hybridized carbons (Fsp3) is 0.127. The molecular weight excluding hydrogens is 691 g/mol. The molecule has 57 heavy (non-hydrogen) atoms. The highest BCUT2D eigenvalue weighted by atomic mass is 16.5. The summed E-state index contributed by atoms with van der Waals surface area (Å²) in [5.74, 6) is 1.11. The monoisotopic (exact) mass is 733 g/mol. The van der Waals surface area contributed by atoms with Crippen LogP contribution >= 0.6 is 0 Å². The van der Waals surface area contributed by atoms with Crippen LogP contribution in [0.3, 0.4) is 0 Å². The third kappa shape index (κ3) is 5.46. The standard InChI is InChI=1S/C55H43NO/c1-55(2)49-25-12-11-22-45(49)46-32-31-42(34-50(46)55)56(40-29-27-37(28-30-40)36-15-5-3-6-16-36)41-20-13-19-39(33-41)43-24-14-26-51-53(43)54-47-23-10-9-21-44(47)48(35-52(54)57-51)38-17-7-4-8-18-38/h3-12,14-18,20-35,51,53H,13,19H2,1-2H3. The zero-order valence-corrected chi connectivity index (χ0v) is 32.3. The molecule has 0 saturated carbocycles. The Balaban J connectivity index is 1.02. The van der Waals surface area contributed by atoms with E-state index in [0.717, 1.165) is 24.3 Å². The zero-order chi connectivity index (χ0) is 38.1. The summed E-state index contributed by atoms with van der Waals surface area (Å²) in [6.07, 6.45) is 13.6. The molecule has 7 aromatic carbocycles. The van der Waals surface area contributed by atoms with Crippen LogP contribution in [-0.2, 0) is 5.41 Å². The molecular formula is C55H43NO. The topological polar surface area (TPSA) is 12.5 Å². The Kier molecular flexibility index (Phi) is 7.83. The number of benzene rings is 7. The van der Waals surface area contributed by atoms with Crippen LogP contribution in [0.4, 0.5) is 11.4 Å². The van der Waals surface area contributed by atoms with Gasteiger partial charge in [0, 0.05) is 28.1 Å². The van der Waals surface area contributed by atoms with Crippen molar-refractivity contribution in [2.24, 2.45) is 0 Å². The predicted molar refractivity (Wildman–Crippen MR) is 237 cm³/mol. The van der Waals surface area contributed by atoms with Crippen LogP contribution in [0, 0.1) is 0 Å². The number of fused-ring (bicyclic) bond motifs is 8. The van der Waals surface area contributed by atoms with E-state index in [1.54, 1.807) is 0 Å². The molecule has 0 spiro atoms. The van der Waals surface area contributed by atoms with E-state index in [2.05, 4.69) is 207 Å². The molecule has 3 aliphatic carbocycles. The molecule has 0 N–H and O–H groups in total. The van der Waals surface area contributed by atoms with Gasteiger partial charge in [0.2, 0.25) is 0 Å². The number of hydrogen-bond acceptors (Lipinski definition) is 2. The lowest BCUT2D eigenvalue weighted by atomic mass is 9.77. The number of anilines is 2. The van der Waals surface area contributed by atoms with Crippen molar-refractivity contribution in [3.63, 3.8) is 0 Å². The van der Waals surface area contributed by atoms with Gasteiger partial charge in [-0.05, 0) is 122 Å². The molecule has 2 unspecified atom stereocenters. The number of ether oxygens (including phenoxy) is 1. The lowest BCUT2D eigenvalue weighted by Gasteiger charge is -2.32. The van der Waals surface area contributed by atoms with Crippen LogP contribution in [0.2, 0.25) is 0 Å². The van der Waals surface area contributed by atoms with Crippen molar-refractivity contribution >= 4 is 22.1 Å². The second-order valence-electron chi connectivity index (χ2n) is 16.3. The Hall–Kier alpha value is -6.64. The second-order valence-corrected chi connectivity index (χ2v) is 16.3. The Morgan fingerprint density at radius 2 is 1.26 bits per heavy atom. The van der Waals surface area contributed by atoms with Gasteiger partial charge in [-0.15, -0.1) is 0 Å². The van der Waals surface area contributed by atoms with Gasteiger partial charge in [-0.3, -0.25) is 0 Å². The first-order valence-electron chi connectivity index (χ1n) is 20.3. The SMILES string of the molecule is CC1(C)c2ccccc2-c2ccc(N(C3=CCCC(C4=CC=CC5Oc6cc(-c7ccccc7)c7ccccc7c6C45)=C3)c3ccc(-c4ccccc4)cc3)cc21. The van der Waals surface area contributed by atoms with Gasteiger partial charge in [0.05, 0.1) is 5.92 Å². The van der Waals surface area contributed by atoms with Crippen LogP contribution in [-0.4, -0.2) is 6.10 Å². The van der Waals surface area contributed by atoms with Gasteiger partial charge in [-0.2, -0.15) is 0 Å². The minimum absolute atomic E-state index is 0.0492. The lowest BCUT2D eigenvalue weighted by molar-refractivity contribution is 0.265. The highest BCUT2D eigenvalue weighted by Crippen LogP contribution is 2.54. The van der Waals surface area contributed by atoms with Crippen LogP contribution < -0.4 is 9.64 Å². The summed E-state index contributed by atoms with van der Waals surface area (Å²) < 4.78 is 6.87. The normalized spacial score (nSPS) is 18.4. The Morgan fingerprint density at radius 1 is 0.596 bits per heavy atom. The highest BCUT2D eigenvalue weighted by Gasteiger charge is 2.40. The average Bonchev–Trinajstić information content (AvgIpc) is 3.76. The summed E-state index contributed by atoms with van der Waals surface area (Å²) in [6, 6.07) is 57.7. The maximum Gasteiger partial charge on any atom is 0.128 e.